The van der Waals surface area contributed by atoms with Gasteiger partial charge >= 0.3 is 0 Å². The number of carbonyl (C=O) groups excluding carboxylic acids is 1. The summed E-state index contributed by atoms with van der Waals surface area (Å²) in [5, 5.41) is 3.93. The van der Waals surface area contributed by atoms with Crippen LogP contribution in [0.5, 0.6) is 11.5 Å². The van der Waals surface area contributed by atoms with Crippen molar-refractivity contribution in [2.24, 2.45) is 0 Å². The quantitative estimate of drug-likeness (QED) is 0.127. The molecule has 0 spiro atoms. The summed E-state index contributed by atoms with van der Waals surface area (Å²) in [4.78, 5) is 27.9. The molecule has 0 unspecified atom stereocenters. The zero-order valence-corrected chi connectivity index (χ0v) is 24.3. The molecule has 4 rings (SSSR count). The molecule has 0 fully saturated rings. The van der Waals surface area contributed by atoms with Crippen LogP contribution in [0.3, 0.4) is 0 Å². The van der Waals surface area contributed by atoms with Crippen LogP contribution in [0.15, 0.2) is 78.1 Å². The average molecular weight is 578 g/mol. The molecular formula is C30H32ClN5O3S. The van der Waals surface area contributed by atoms with E-state index in [1.165, 1.54) is 11.8 Å². The third kappa shape index (κ3) is 8.34. The molecule has 0 aliphatic heterocycles. The highest BCUT2D eigenvalue weighted by Crippen LogP contribution is 2.28. The topological polar surface area (TPSA) is 89.5 Å². The minimum Gasteiger partial charge on any atom is -0.493 e. The Bertz CT molecular complexity index is 1410. The van der Waals surface area contributed by atoms with Crippen LogP contribution in [0, 0.1) is 0 Å². The summed E-state index contributed by atoms with van der Waals surface area (Å²) < 4.78 is 10.7. The summed E-state index contributed by atoms with van der Waals surface area (Å²) in [7, 11) is 5.24. The van der Waals surface area contributed by atoms with Gasteiger partial charge in [0.25, 0.3) is 5.91 Å². The number of thioether (sulfide) groups is 1. The molecule has 0 aliphatic rings. The first-order valence-electron chi connectivity index (χ1n) is 12.8. The molecule has 2 aromatic carbocycles. The predicted octanol–water partition coefficient (Wildman–Crippen LogP) is 5.49. The molecule has 8 nitrogen and oxygen atoms in total. The minimum absolute atomic E-state index is 0.103. The summed E-state index contributed by atoms with van der Waals surface area (Å²) in [5.74, 6) is 2.71. The molecule has 208 valence electrons. The summed E-state index contributed by atoms with van der Waals surface area (Å²) in [6.07, 6.45) is 3.24. The lowest BCUT2D eigenvalue weighted by Crippen LogP contribution is -2.25. The summed E-state index contributed by atoms with van der Waals surface area (Å²) in [6.45, 7) is 1.27. The molecule has 2 heterocycles. The number of nitrogens with zero attached hydrogens (tertiary/aromatic N) is 4. The Labute approximate surface area is 244 Å². The highest BCUT2D eigenvalue weighted by molar-refractivity contribution is 7.98. The number of carbonyl (C=O) groups is 1. The van der Waals surface area contributed by atoms with Crippen LogP contribution in [0.25, 0.3) is 0 Å². The lowest BCUT2D eigenvalue weighted by Gasteiger charge is -2.19. The van der Waals surface area contributed by atoms with Gasteiger partial charge in [-0.3, -0.25) is 9.78 Å². The van der Waals surface area contributed by atoms with E-state index >= 15 is 0 Å². The van der Waals surface area contributed by atoms with E-state index in [4.69, 9.17) is 26.1 Å². The molecular weight excluding hydrogens is 546 g/mol. The second-order valence-electron chi connectivity index (χ2n) is 9.00. The molecule has 40 heavy (non-hydrogen) atoms. The summed E-state index contributed by atoms with van der Waals surface area (Å²) in [6, 6.07) is 21.0. The fourth-order valence-corrected chi connectivity index (χ4v) is 4.98. The van der Waals surface area contributed by atoms with E-state index in [9.17, 15) is 4.79 Å². The smallest absolute Gasteiger partial charge is 0.251 e. The Kier molecular flexibility index (Phi) is 10.6. The van der Waals surface area contributed by atoms with Gasteiger partial charge in [0, 0.05) is 55.8 Å². The molecule has 0 radical (unpaired) electrons. The zero-order valence-electron chi connectivity index (χ0n) is 22.8. The second-order valence-corrected chi connectivity index (χ2v) is 10.3. The number of pyridine rings is 1. The van der Waals surface area contributed by atoms with Crippen molar-refractivity contribution >= 4 is 35.1 Å². The van der Waals surface area contributed by atoms with Gasteiger partial charge in [-0.1, -0.05) is 47.6 Å². The molecule has 0 aliphatic carbocycles. The Morgan fingerprint density at radius 3 is 2.45 bits per heavy atom. The number of hydrogen-bond acceptors (Lipinski definition) is 8. The van der Waals surface area contributed by atoms with Gasteiger partial charge in [-0.05, 0) is 53.9 Å². The largest absolute Gasteiger partial charge is 0.493 e. The number of amides is 1. The standard InChI is InChI=1S/C30H32ClN5O3S/c1-36(17-14-21-9-12-25(38-2)26(18-21)39-3)28-19-27(31)34-30(35-28)40-20-22-7-10-23(11-8-22)29(37)33-16-13-24-6-4-5-15-32-24/h4-12,15,18-19H,13-14,16-17,20H2,1-3H3,(H,33,37). The summed E-state index contributed by atoms with van der Waals surface area (Å²) in [5.41, 5.74) is 3.75. The molecule has 10 heteroatoms. The Morgan fingerprint density at radius 1 is 0.950 bits per heavy atom. The van der Waals surface area contributed by atoms with Crippen molar-refractivity contribution in [1.29, 1.82) is 0 Å². The molecule has 0 atom stereocenters. The highest BCUT2D eigenvalue weighted by Gasteiger charge is 2.11. The molecule has 0 bridgehead atoms. The van der Waals surface area contributed by atoms with Gasteiger partial charge in [0.2, 0.25) is 0 Å². The number of benzene rings is 2. The Balaban J connectivity index is 1.29. The van der Waals surface area contributed by atoms with Crippen LogP contribution in [0.2, 0.25) is 5.15 Å². The van der Waals surface area contributed by atoms with E-state index in [0.717, 1.165) is 35.6 Å². The van der Waals surface area contributed by atoms with Gasteiger partial charge in [-0.2, -0.15) is 0 Å². The van der Waals surface area contributed by atoms with Crippen LogP contribution in [-0.2, 0) is 18.6 Å². The second kappa shape index (κ2) is 14.5. The lowest BCUT2D eigenvalue weighted by molar-refractivity contribution is 0.0954. The van der Waals surface area contributed by atoms with Crippen LogP contribution in [0.4, 0.5) is 5.82 Å². The van der Waals surface area contributed by atoms with Crippen molar-refractivity contribution in [3.05, 3.63) is 100 Å². The average Bonchev–Trinajstić information content (AvgIpc) is 2.99. The summed E-state index contributed by atoms with van der Waals surface area (Å²) >= 11 is 7.83. The first-order valence-corrected chi connectivity index (χ1v) is 14.2. The fraction of sp³-hybridized carbons (Fsp3) is 0.267. The number of nitrogens with one attached hydrogen (secondary N) is 1. The normalized spacial score (nSPS) is 10.7. The van der Waals surface area contributed by atoms with Crippen molar-refractivity contribution < 1.29 is 14.3 Å². The van der Waals surface area contributed by atoms with Gasteiger partial charge in [0.05, 0.1) is 14.2 Å². The Hall–Kier alpha value is -3.82. The number of ether oxygens (including phenoxy) is 2. The van der Waals surface area contributed by atoms with E-state index in [0.29, 0.717) is 46.1 Å². The van der Waals surface area contributed by atoms with E-state index in [1.54, 1.807) is 26.5 Å². The van der Waals surface area contributed by atoms with Crippen molar-refractivity contribution in [1.82, 2.24) is 20.3 Å². The van der Waals surface area contributed by atoms with E-state index < -0.39 is 0 Å². The van der Waals surface area contributed by atoms with Crippen molar-refractivity contribution in [3.63, 3.8) is 0 Å². The van der Waals surface area contributed by atoms with Crippen LogP contribution >= 0.6 is 23.4 Å². The molecule has 1 N–H and O–H groups in total. The van der Waals surface area contributed by atoms with E-state index in [1.807, 2.05) is 67.7 Å². The molecule has 4 aromatic rings. The fourth-order valence-electron chi connectivity index (χ4n) is 3.95. The molecule has 0 saturated heterocycles. The monoisotopic (exact) mass is 577 g/mol. The maximum atomic E-state index is 12.5. The number of hydrogen-bond donors (Lipinski definition) is 1. The van der Waals surface area contributed by atoms with Gasteiger partial charge in [-0.15, -0.1) is 0 Å². The Morgan fingerprint density at radius 2 is 1.73 bits per heavy atom. The number of methoxy groups -OCH3 is 2. The molecule has 0 saturated carbocycles. The number of rotatable bonds is 13. The number of anilines is 1. The SMILES string of the molecule is COc1ccc(CCN(C)c2cc(Cl)nc(SCc3ccc(C(=O)NCCc4ccccn4)cc3)n2)cc1OC. The molecule has 2 aromatic heterocycles. The third-order valence-electron chi connectivity index (χ3n) is 6.21. The highest BCUT2D eigenvalue weighted by atomic mass is 35.5. The molecule has 1 amide bonds. The van der Waals surface area contributed by atoms with Gasteiger partial charge in [0.15, 0.2) is 16.7 Å². The lowest BCUT2D eigenvalue weighted by atomic mass is 10.1. The van der Waals surface area contributed by atoms with Crippen molar-refractivity contribution in [2.45, 2.75) is 23.8 Å². The maximum absolute atomic E-state index is 12.5. The first-order chi connectivity index (χ1) is 19.4. The zero-order chi connectivity index (χ0) is 28.3. The number of likely N-dealkylation sites (N-methyl/N-ethyl adjacent to an activating group) is 1. The van der Waals surface area contributed by atoms with Crippen molar-refractivity contribution in [2.75, 3.05) is 39.3 Å². The minimum atomic E-state index is -0.103. The number of aromatic nitrogens is 3. The predicted molar refractivity (Wildman–Crippen MR) is 160 cm³/mol. The third-order valence-corrected chi connectivity index (χ3v) is 7.32. The number of halogens is 1. The van der Waals surface area contributed by atoms with Crippen LogP contribution in [0.1, 0.15) is 27.2 Å². The van der Waals surface area contributed by atoms with Crippen LogP contribution < -0.4 is 19.7 Å². The van der Waals surface area contributed by atoms with E-state index in [-0.39, 0.29) is 5.91 Å². The van der Waals surface area contributed by atoms with Gasteiger partial charge < -0.3 is 19.7 Å². The van der Waals surface area contributed by atoms with E-state index in [2.05, 4.69) is 20.2 Å². The van der Waals surface area contributed by atoms with Gasteiger partial charge in [0.1, 0.15) is 11.0 Å². The maximum Gasteiger partial charge on any atom is 0.251 e. The van der Waals surface area contributed by atoms with Crippen LogP contribution in [-0.4, -0.2) is 55.2 Å². The van der Waals surface area contributed by atoms with Gasteiger partial charge in [-0.25, -0.2) is 9.97 Å². The van der Waals surface area contributed by atoms with Crippen molar-refractivity contribution in [3.8, 4) is 11.5 Å². The first kappa shape index (κ1) is 29.2.